The standard InChI is InChI=1S/C24H34O7S.Na/c1-3-5-7-9-11-13-17-30-23(25)21-16-15-20(32(27,28)29)19-22(21)24(26)31-18-14-12-10-8-6-4-2;/h3-4,15-16,19H,1-2,5-14,17-18H2,(H,27,28,29);/q;+1/p-1. The molecule has 1 rings (SSSR count). The molecule has 0 saturated carbocycles. The zero-order valence-electron chi connectivity index (χ0n) is 19.6. The summed E-state index contributed by atoms with van der Waals surface area (Å²) in [5, 5.41) is 0. The molecule has 1 aromatic rings. The van der Waals surface area contributed by atoms with Gasteiger partial charge in [0, 0.05) is 0 Å². The first kappa shape index (κ1) is 31.6. The predicted molar refractivity (Wildman–Crippen MR) is 122 cm³/mol. The van der Waals surface area contributed by atoms with E-state index in [9.17, 15) is 22.6 Å². The minimum atomic E-state index is -4.80. The molecule has 0 saturated heterocycles. The Morgan fingerprint density at radius 2 is 1.24 bits per heavy atom. The Morgan fingerprint density at radius 1 is 0.788 bits per heavy atom. The molecule has 33 heavy (non-hydrogen) atoms. The molecule has 0 atom stereocenters. The summed E-state index contributed by atoms with van der Waals surface area (Å²) in [7, 11) is -4.80. The summed E-state index contributed by atoms with van der Waals surface area (Å²) >= 11 is 0. The summed E-state index contributed by atoms with van der Waals surface area (Å²) in [6.45, 7) is 7.63. The van der Waals surface area contributed by atoms with E-state index in [0.29, 0.717) is 12.8 Å². The van der Waals surface area contributed by atoms with Crippen LogP contribution in [0.2, 0.25) is 0 Å². The number of esters is 2. The normalized spacial score (nSPS) is 10.7. The summed E-state index contributed by atoms with van der Waals surface area (Å²) < 4.78 is 44.5. The van der Waals surface area contributed by atoms with Crippen molar-refractivity contribution in [2.75, 3.05) is 13.2 Å². The van der Waals surface area contributed by atoms with Crippen LogP contribution in [0.5, 0.6) is 0 Å². The Labute approximate surface area is 219 Å². The smallest absolute Gasteiger partial charge is 0.744 e. The Kier molecular flexibility index (Phi) is 17.2. The van der Waals surface area contributed by atoms with Gasteiger partial charge in [-0.1, -0.05) is 37.8 Å². The number of unbranched alkanes of at least 4 members (excludes halogenated alkanes) is 8. The largest absolute Gasteiger partial charge is 1.00 e. The van der Waals surface area contributed by atoms with Crippen LogP contribution in [0.15, 0.2) is 48.4 Å². The second-order valence-electron chi connectivity index (χ2n) is 7.42. The van der Waals surface area contributed by atoms with Crippen molar-refractivity contribution in [1.82, 2.24) is 0 Å². The van der Waals surface area contributed by atoms with E-state index in [1.165, 1.54) is 0 Å². The second-order valence-corrected chi connectivity index (χ2v) is 8.80. The molecule has 0 heterocycles. The van der Waals surface area contributed by atoms with Crippen LogP contribution in [0.4, 0.5) is 0 Å². The fourth-order valence-electron chi connectivity index (χ4n) is 3.00. The maximum Gasteiger partial charge on any atom is 1.00 e. The van der Waals surface area contributed by atoms with Gasteiger partial charge in [0.05, 0.1) is 29.2 Å². The molecule has 0 aliphatic heterocycles. The van der Waals surface area contributed by atoms with Crippen molar-refractivity contribution in [2.45, 2.75) is 69.1 Å². The van der Waals surface area contributed by atoms with Gasteiger partial charge in [-0.25, -0.2) is 18.0 Å². The number of carbonyl (C=O) groups is 2. The number of ether oxygens (including phenoxy) is 2. The summed E-state index contributed by atoms with van der Waals surface area (Å²) in [5.74, 6) is -1.62. The molecule has 0 bridgehead atoms. The van der Waals surface area contributed by atoms with Crippen molar-refractivity contribution >= 4 is 22.1 Å². The van der Waals surface area contributed by atoms with Crippen molar-refractivity contribution < 1.29 is 61.6 Å². The fourth-order valence-corrected chi connectivity index (χ4v) is 3.50. The van der Waals surface area contributed by atoms with E-state index in [0.717, 1.165) is 69.6 Å². The average Bonchev–Trinajstić information content (AvgIpc) is 2.76. The van der Waals surface area contributed by atoms with E-state index in [2.05, 4.69) is 13.2 Å². The van der Waals surface area contributed by atoms with E-state index < -0.39 is 27.0 Å². The zero-order valence-corrected chi connectivity index (χ0v) is 22.4. The molecule has 7 nitrogen and oxygen atoms in total. The van der Waals surface area contributed by atoms with Crippen molar-refractivity contribution in [2.24, 2.45) is 0 Å². The molecule has 178 valence electrons. The van der Waals surface area contributed by atoms with E-state index in [-0.39, 0.29) is 53.9 Å². The number of carbonyl (C=O) groups excluding carboxylic acids is 2. The van der Waals surface area contributed by atoms with Gasteiger partial charge in [0.15, 0.2) is 0 Å². The third-order valence-corrected chi connectivity index (χ3v) is 5.62. The van der Waals surface area contributed by atoms with Gasteiger partial charge in [0.1, 0.15) is 10.1 Å². The second kappa shape index (κ2) is 18.0. The van der Waals surface area contributed by atoms with E-state index >= 15 is 0 Å². The Bertz CT molecular complexity index is 866. The summed E-state index contributed by atoms with van der Waals surface area (Å²) in [5.41, 5.74) is -0.412. The summed E-state index contributed by atoms with van der Waals surface area (Å²) in [6, 6.07) is 2.98. The maximum absolute atomic E-state index is 12.5. The molecule has 9 heteroatoms. The van der Waals surface area contributed by atoms with Crippen molar-refractivity contribution in [1.29, 1.82) is 0 Å². The minimum absolute atomic E-state index is 0. The van der Waals surface area contributed by atoms with Crippen LogP contribution in [-0.2, 0) is 19.6 Å². The van der Waals surface area contributed by atoms with Crippen LogP contribution >= 0.6 is 0 Å². The fraction of sp³-hybridized carbons (Fsp3) is 0.500. The van der Waals surface area contributed by atoms with Crippen molar-refractivity contribution in [3.05, 3.63) is 54.6 Å². The first-order valence-corrected chi connectivity index (χ1v) is 12.4. The SMILES string of the molecule is C=CCCCCCCOC(=O)c1ccc(S(=O)(=O)[O-])cc1C(=O)OCCCCCCC=C.[Na+]. The molecule has 0 amide bonds. The van der Waals surface area contributed by atoms with Gasteiger partial charge >= 0.3 is 41.5 Å². The molecule has 0 spiro atoms. The molecule has 0 aromatic heterocycles. The molecule has 0 aliphatic carbocycles. The number of hydrogen-bond acceptors (Lipinski definition) is 7. The molecule has 0 fully saturated rings. The molecule has 0 unspecified atom stereocenters. The quantitative estimate of drug-likeness (QED) is 0.109. The molecule has 0 aliphatic rings. The molecule has 1 aromatic carbocycles. The van der Waals surface area contributed by atoms with Gasteiger partial charge in [-0.3, -0.25) is 0 Å². The van der Waals surface area contributed by atoms with E-state index in [4.69, 9.17) is 9.47 Å². The molecule has 0 N–H and O–H groups in total. The van der Waals surface area contributed by atoms with E-state index in [1.807, 2.05) is 12.2 Å². The number of benzene rings is 1. The van der Waals surface area contributed by atoms with Crippen LogP contribution in [0, 0.1) is 0 Å². The average molecular weight is 489 g/mol. The molecular weight excluding hydrogens is 455 g/mol. The number of hydrogen-bond donors (Lipinski definition) is 0. The zero-order chi connectivity index (χ0) is 23.8. The van der Waals surface area contributed by atoms with Gasteiger partial charge in [-0.05, 0) is 56.7 Å². The molecule has 0 radical (unpaired) electrons. The summed E-state index contributed by atoms with van der Waals surface area (Å²) in [4.78, 5) is 24.4. The first-order chi connectivity index (χ1) is 15.3. The van der Waals surface area contributed by atoms with Crippen molar-refractivity contribution in [3.8, 4) is 0 Å². The minimum Gasteiger partial charge on any atom is -0.744 e. The Hall–Kier alpha value is -1.45. The van der Waals surface area contributed by atoms with Gasteiger partial charge in [-0.15, -0.1) is 13.2 Å². The van der Waals surface area contributed by atoms with Gasteiger partial charge in [0.25, 0.3) is 0 Å². The monoisotopic (exact) mass is 488 g/mol. The third-order valence-electron chi connectivity index (χ3n) is 4.79. The third kappa shape index (κ3) is 13.1. The summed E-state index contributed by atoms with van der Waals surface area (Å²) in [6.07, 6.45) is 12.6. The van der Waals surface area contributed by atoms with Gasteiger partial charge in [-0.2, -0.15) is 0 Å². The number of allylic oxidation sites excluding steroid dienone is 2. The van der Waals surface area contributed by atoms with E-state index in [1.54, 1.807) is 0 Å². The number of rotatable bonds is 17. The first-order valence-electron chi connectivity index (χ1n) is 11.0. The topological polar surface area (TPSA) is 110 Å². The van der Waals surface area contributed by atoms with Crippen LogP contribution in [-0.4, -0.2) is 38.1 Å². The van der Waals surface area contributed by atoms with Gasteiger partial charge < -0.3 is 14.0 Å². The Morgan fingerprint density at radius 3 is 1.70 bits per heavy atom. The predicted octanol–water partition coefficient (Wildman–Crippen LogP) is 2.18. The van der Waals surface area contributed by atoms with Gasteiger partial charge in [0.2, 0.25) is 0 Å². The Balaban J connectivity index is 0.0000102. The van der Waals surface area contributed by atoms with Crippen LogP contribution < -0.4 is 29.6 Å². The van der Waals surface area contributed by atoms with Crippen molar-refractivity contribution in [3.63, 3.8) is 0 Å². The maximum atomic E-state index is 12.5. The molecular formula is C24H33NaO7S. The van der Waals surface area contributed by atoms with Crippen LogP contribution in [0.25, 0.3) is 0 Å². The van der Waals surface area contributed by atoms with Crippen LogP contribution in [0.3, 0.4) is 0 Å². The van der Waals surface area contributed by atoms with Crippen LogP contribution in [0.1, 0.15) is 84.9 Å².